The first-order valence-corrected chi connectivity index (χ1v) is 12.8. The Balaban J connectivity index is 1.57. The quantitative estimate of drug-likeness (QED) is 0.398. The minimum atomic E-state index is -3.96. The maximum atomic E-state index is 13.7. The average Bonchev–Trinajstić information content (AvgIpc) is 3.28. The van der Waals surface area contributed by atoms with E-state index in [0.717, 1.165) is 16.5 Å². The zero-order valence-electron chi connectivity index (χ0n) is 19.2. The van der Waals surface area contributed by atoms with Gasteiger partial charge in [-0.2, -0.15) is 4.31 Å². The first-order chi connectivity index (χ1) is 16.7. The van der Waals surface area contributed by atoms with Crippen LogP contribution in [-0.2, 0) is 23.1 Å². The van der Waals surface area contributed by atoms with Crippen LogP contribution in [0.5, 0.6) is 11.5 Å². The maximum absolute atomic E-state index is 13.7. The van der Waals surface area contributed by atoms with Crippen LogP contribution in [0.4, 0.5) is 0 Å². The third kappa shape index (κ3) is 4.65. The second-order valence-corrected chi connectivity index (χ2v) is 10.9. The second-order valence-electron chi connectivity index (χ2n) is 8.56. The summed E-state index contributed by atoms with van der Waals surface area (Å²) in [7, 11) is -3.96. The number of ether oxygens (including phenoxy) is 2. The molecule has 0 saturated carbocycles. The molecule has 0 fully saturated rings. The molecule has 4 aromatic rings. The molecule has 0 atom stereocenters. The molecule has 0 amide bonds. The van der Waals surface area contributed by atoms with Gasteiger partial charge in [-0.3, -0.25) is 4.79 Å². The summed E-state index contributed by atoms with van der Waals surface area (Å²) in [6.45, 7) is 4.02. The maximum Gasteiger partial charge on any atom is 0.252 e. The minimum absolute atomic E-state index is 0.0337. The van der Waals surface area contributed by atoms with E-state index in [4.69, 9.17) is 21.1 Å². The van der Waals surface area contributed by atoms with Crippen molar-refractivity contribution in [3.8, 4) is 11.5 Å². The van der Waals surface area contributed by atoms with Gasteiger partial charge in [0.2, 0.25) is 16.8 Å². The number of halogens is 1. The molecule has 0 bridgehead atoms. The largest absolute Gasteiger partial charge is 0.454 e. The summed E-state index contributed by atoms with van der Waals surface area (Å²) < 4.78 is 39.4. The Kier molecular flexibility index (Phi) is 6.04. The summed E-state index contributed by atoms with van der Waals surface area (Å²) in [6.07, 6.45) is 0. The van der Waals surface area contributed by atoms with Crippen LogP contribution in [0.25, 0.3) is 10.9 Å². The number of fused-ring (bicyclic) bond motifs is 2. The number of hydrogen-bond acceptors (Lipinski definition) is 5. The normalized spacial score (nSPS) is 13.0. The van der Waals surface area contributed by atoms with E-state index in [2.05, 4.69) is 4.98 Å². The number of pyridine rings is 1. The van der Waals surface area contributed by atoms with Crippen LogP contribution in [0.1, 0.15) is 22.3 Å². The lowest BCUT2D eigenvalue weighted by molar-refractivity contribution is 0.174. The number of hydrogen-bond donors (Lipinski definition) is 1. The minimum Gasteiger partial charge on any atom is -0.454 e. The van der Waals surface area contributed by atoms with Crippen molar-refractivity contribution in [2.24, 2.45) is 0 Å². The SMILES string of the molecule is Cc1cc2cc(CN(Cc3ccc4c(c3)OCO4)S(=O)(=O)c3ccc(Cl)cc3)c(=O)[nH]c2cc1C. The highest BCUT2D eigenvalue weighted by atomic mass is 35.5. The lowest BCUT2D eigenvalue weighted by Crippen LogP contribution is -2.32. The molecule has 0 spiro atoms. The van der Waals surface area contributed by atoms with Crippen LogP contribution < -0.4 is 15.0 Å². The summed E-state index contributed by atoms with van der Waals surface area (Å²) >= 11 is 5.98. The number of rotatable bonds is 6. The molecule has 5 rings (SSSR count). The van der Waals surface area contributed by atoms with Gasteiger partial charge in [-0.25, -0.2) is 8.42 Å². The van der Waals surface area contributed by atoms with Crippen molar-refractivity contribution in [3.05, 3.63) is 98.3 Å². The lowest BCUT2D eigenvalue weighted by atomic mass is 10.0. The number of aryl methyl sites for hydroxylation is 2. The van der Waals surface area contributed by atoms with Crippen molar-refractivity contribution < 1.29 is 17.9 Å². The molecule has 0 saturated heterocycles. The molecular weight excluding hydrogens is 488 g/mol. The molecule has 1 aliphatic rings. The molecule has 0 unspecified atom stereocenters. The molecule has 35 heavy (non-hydrogen) atoms. The van der Waals surface area contributed by atoms with Gasteiger partial charge in [0.15, 0.2) is 11.5 Å². The Morgan fingerprint density at radius 3 is 2.40 bits per heavy atom. The average molecular weight is 511 g/mol. The van der Waals surface area contributed by atoms with Gasteiger partial charge in [0.1, 0.15) is 0 Å². The standard InChI is InChI=1S/C26H23ClN2O5S/c1-16-9-19-12-20(26(30)28-23(19)10-17(16)2)14-29(35(31,32)22-6-4-21(27)5-7-22)13-18-3-8-24-25(11-18)34-15-33-24/h3-12H,13-15H2,1-2H3,(H,28,30). The fraction of sp³-hybridized carbons (Fsp3) is 0.192. The number of benzene rings is 3. The summed E-state index contributed by atoms with van der Waals surface area (Å²) in [6, 6.07) is 16.9. The van der Waals surface area contributed by atoms with Crippen molar-refractivity contribution in [1.82, 2.24) is 9.29 Å². The van der Waals surface area contributed by atoms with Crippen LogP contribution in [0, 0.1) is 13.8 Å². The second kappa shape index (κ2) is 9.03. The van der Waals surface area contributed by atoms with E-state index in [0.29, 0.717) is 33.2 Å². The molecule has 3 aromatic carbocycles. The van der Waals surface area contributed by atoms with Gasteiger partial charge in [0.25, 0.3) is 5.56 Å². The first-order valence-electron chi connectivity index (χ1n) is 11.0. The van der Waals surface area contributed by atoms with Crippen molar-refractivity contribution >= 4 is 32.5 Å². The predicted octanol–water partition coefficient (Wildman–Crippen LogP) is 4.92. The van der Waals surface area contributed by atoms with E-state index in [1.54, 1.807) is 24.3 Å². The molecule has 0 radical (unpaired) electrons. The van der Waals surface area contributed by atoms with E-state index in [1.165, 1.54) is 28.6 Å². The molecule has 180 valence electrons. The van der Waals surface area contributed by atoms with E-state index in [-0.39, 0.29) is 30.3 Å². The zero-order chi connectivity index (χ0) is 24.7. The topological polar surface area (TPSA) is 88.7 Å². The van der Waals surface area contributed by atoms with Gasteiger partial charge in [-0.1, -0.05) is 17.7 Å². The molecular formula is C26H23ClN2O5S. The smallest absolute Gasteiger partial charge is 0.252 e. The van der Waals surface area contributed by atoms with E-state index >= 15 is 0 Å². The van der Waals surface area contributed by atoms with Crippen molar-refractivity contribution in [2.45, 2.75) is 31.8 Å². The number of aromatic nitrogens is 1. The molecule has 1 N–H and O–H groups in total. The van der Waals surface area contributed by atoms with Crippen molar-refractivity contribution in [3.63, 3.8) is 0 Å². The Morgan fingerprint density at radius 2 is 1.63 bits per heavy atom. The molecule has 1 aliphatic heterocycles. The number of nitrogens with zero attached hydrogens (tertiary/aromatic N) is 1. The molecule has 0 aliphatic carbocycles. The van der Waals surface area contributed by atoms with Crippen LogP contribution >= 0.6 is 11.6 Å². The van der Waals surface area contributed by atoms with Gasteiger partial charge >= 0.3 is 0 Å². The third-order valence-corrected chi connectivity index (χ3v) is 8.19. The summed E-state index contributed by atoms with van der Waals surface area (Å²) in [5, 5.41) is 1.28. The highest BCUT2D eigenvalue weighted by Crippen LogP contribution is 2.33. The molecule has 2 heterocycles. The van der Waals surface area contributed by atoms with E-state index in [9.17, 15) is 13.2 Å². The fourth-order valence-electron chi connectivity index (χ4n) is 4.05. The van der Waals surface area contributed by atoms with E-state index in [1.807, 2.05) is 26.0 Å². The third-order valence-electron chi connectivity index (χ3n) is 6.13. The van der Waals surface area contributed by atoms with Crippen molar-refractivity contribution in [1.29, 1.82) is 0 Å². The Hall–Kier alpha value is -3.33. The van der Waals surface area contributed by atoms with Gasteiger partial charge in [-0.15, -0.1) is 0 Å². The van der Waals surface area contributed by atoms with Crippen molar-refractivity contribution in [2.75, 3.05) is 6.79 Å². The number of aromatic amines is 1. The van der Waals surface area contributed by atoms with Gasteiger partial charge in [-0.05, 0) is 90.5 Å². The molecule has 1 aromatic heterocycles. The van der Waals surface area contributed by atoms with E-state index < -0.39 is 10.0 Å². The highest BCUT2D eigenvalue weighted by molar-refractivity contribution is 7.89. The molecule has 9 heteroatoms. The van der Waals surface area contributed by atoms with Gasteiger partial charge < -0.3 is 14.5 Å². The first kappa shape index (κ1) is 23.4. The lowest BCUT2D eigenvalue weighted by Gasteiger charge is -2.23. The summed E-state index contributed by atoms with van der Waals surface area (Å²) in [4.78, 5) is 15.9. The van der Waals surface area contributed by atoms with Gasteiger partial charge in [0, 0.05) is 29.2 Å². The number of nitrogens with one attached hydrogen (secondary N) is 1. The van der Waals surface area contributed by atoms with Crippen LogP contribution in [0.3, 0.4) is 0 Å². The number of sulfonamides is 1. The Bertz CT molecular complexity index is 1600. The van der Waals surface area contributed by atoms with Gasteiger partial charge in [0.05, 0.1) is 4.90 Å². The molecule has 7 nitrogen and oxygen atoms in total. The Morgan fingerprint density at radius 1 is 0.914 bits per heavy atom. The zero-order valence-corrected chi connectivity index (χ0v) is 20.7. The summed E-state index contributed by atoms with van der Waals surface area (Å²) in [5.41, 5.74) is 3.58. The van der Waals surface area contributed by atoms with Crippen LogP contribution in [-0.4, -0.2) is 24.5 Å². The highest BCUT2D eigenvalue weighted by Gasteiger charge is 2.27. The van der Waals surface area contributed by atoms with Crippen LogP contribution in [0.15, 0.2) is 70.4 Å². The predicted molar refractivity (Wildman–Crippen MR) is 134 cm³/mol. The van der Waals surface area contributed by atoms with Crippen LogP contribution in [0.2, 0.25) is 5.02 Å². The fourth-order valence-corrected chi connectivity index (χ4v) is 5.59. The summed E-state index contributed by atoms with van der Waals surface area (Å²) in [5.74, 6) is 1.17. The monoisotopic (exact) mass is 510 g/mol. The number of H-pyrrole nitrogens is 1. The Labute approximate surface area is 207 Å².